The smallest absolute Gasteiger partial charge is 0.254 e. The van der Waals surface area contributed by atoms with Crippen LogP contribution in [-0.4, -0.2) is 31.6 Å². The van der Waals surface area contributed by atoms with Crippen LogP contribution in [0.4, 0.5) is 4.39 Å². The molecule has 4 N–H and O–H groups in total. The van der Waals surface area contributed by atoms with Crippen molar-refractivity contribution in [3.8, 4) is 11.5 Å². The van der Waals surface area contributed by atoms with Gasteiger partial charge in [-0.3, -0.25) is 4.79 Å². The number of hydrogen-bond donors (Lipinski definition) is 3. The van der Waals surface area contributed by atoms with E-state index in [2.05, 4.69) is 10.6 Å². The Kier molecular flexibility index (Phi) is 9.52. The number of carbonyl (C=O) groups is 1. The Balaban J connectivity index is 0.00000182. The number of ether oxygens (including phenoxy) is 1. The summed E-state index contributed by atoms with van der Waals surface area (Å²) < 4.78 is 19.8. The van der Waals surface area contributed by atoms with Gasteiger partial charge in [0.2, 0.25) is 0 Å². The summed E-state index contributed by atoms with van der Waals surface area (Å²) in [6.45, 7) is 2.16. The Morgan fingerprint density at radius 2 is 1.89 bits per heavy atom. The van der Waals surface area contributed by atoms with Gasteiger partial charge in [-0.2, -0.15) is 0 Å². The molecule has 1 aliphatic heterocycles. The number of halogens is 3. The number of amides is 1. The number of benzene rings is 2. The molecule has 3 rings (SSSR count). The van der Waals surface area contributed by atoms with E-state index >= 15 is 0 Å². The van der Waals surface area contributed by atoms with Crippen LogP contribution in [0.15, 0.2) is 42.5 Å². The highest BCUT2D eigenvalue weighted by atomic mass is 35.5. The summed E-state index contributed by atoms with van der Waals surface area (Å²) in [6, 6.07) is 11.8. The molecule has 0 radical (unpaired) electrons. The Morgan fingerprint density at radius 3 is 2.52 bits per heavy atom. The topological polar surface area (TPSA) is 76.4 Å². The Hall–Kier alpha value is -1.86. The molecule has 1 heterocycles. The van der Waals surface area contributed by atoms with E-state index in [0.29, 0.717) is 24.6 Å². The summed E-state index contributed by atoms with van der Waals surface area (Å²) in [5, 5.41) is 6.00. The van der Waals surface area contributed by atoms with Crippen LogP contribution < -0.4 is 21.1 Å². The zero-order valence-electron chi connectivity index (χ0n) is 14.7. The van der Waals surface area contributed by atoms with E-state index in [0.717, 1.165) is 24.9 Å². The average molecular weight is 416 g/mol. The zero-order chi connectivity index (χ0) is 17.6. The van der Waals surface area contributed by atoms with Crippen LogP contribution >= 0.6 is 24.8 Å². The molecule has 0 aliphatic carbocycles. The monoisotopic (exact) mass is 415 g/mol. The fourth-order valence-electron chi connectivity index (χ4n) is 2.81. The highest BCUT2D eigenvalue weighted by molar-refractivity contribution is 5.95. The second-order valence-corrected chi connectivity index (χ2v) is 6.09. The van der Waals surface area contributed by atoms with E-state index in [1.807, 2.05) is 24.3 Å². The molecule has 1 amide bonds. The molecule has 0 bridgehead atoms. The van der Waals surface area contributed by atoms with E-state index in [4.69, 9.17) is 10.5 Å². The molecule has 2 aromatic carbocycles. The molecule has 8 heteroatoms. The van der Waals surface area contributed by atoms with Crippen LogP contribution in [0.25, 0.3) is 0 Å². The molecule has 0 unspecified atom stereocenters. The van der Waals surface area contributed by atoms with Gasteiger partial charge in [0, 0.05) is 12.6 Å². The fraction of sp³-hybridized carbons (Fsp3) is 0.316. The Labute approximate surface area is 170 Å². The number of hydrogen-bond acceptors (Lipinski definition) is 4. The number of nitrogens with two attached hydrogens (primary N) is 1. The van der Waals surface area contributed by atoms with Gasteiger partial charge in [-0.15, -0.1) is 24.8 Å². The molecule has 1 aliphatic rings. The third-order valence-corrected chi connectivity index (χ3v) is 4.17. The van der Waals surface area contributed by atoms with Crippen molar-refractivity contribution in [1.29, 1.82) is 0 Å². The SMILES string of the molecule is Cl.Cl.NCCc1ccc(Oc2ccc(F)c(C(=O)N[C@H]3CCNC3)c2)cc1. The molecule has 0 saturated carbocycles. The second kappa shape index (κ2) is 11.1. The summed E-state index contributed by atoms with van der Waals surface area (Å²) in [6.07, 6.45) is 1.65. The van der Waals surface area contributed by atoms with Crippen molar-refractivity contribution in [2.24, 2.45) is 5.73 Å². The first kappa shape index (κ1) is 23.2. The van der Waals surface area contributed by atoms with Crippen molar-refractivity contribution in [1.82, 2.24) is 10.6 Å². The van der Waals surface area contributed by atoms with E-state index in [9.17, 15) is 9.18 Å². The summed E-state index contributed by atoms with van der Waals surface area (Å²) in [5.41, 5.74) is 6.65. The number of nitrogens with one attached hydrogen (secondary N) is 2. The van der Waals surface area contributed by atoms with E-state index in [1.54, 1.807) is 0 Å². The van der Waals surface area contributed by atoms with Gasteiger partial charge in [-0.05, 0) is 61.8 Å². The van der Waals surface area contributed by atoms with Gasteiger partial charge in [0.05, 0.1) is 5.56 Å². The maximum absolute atomic E-state index is 14.0. The van der Waals surface area contributed by atoms with Crippen molar-refractivity contribution in [2.45, 2.75) is 18.9 Å². The predicted octanol–water partition coefficient (Wildman–Crippen LogP) is 3.05. The maximum Gasteiger partial charge on any atom is 0.254 e. The third kappa shape index (κ3) is 6.36. The molecule has 5 nitrogen and oxygen atoms in total. The van der Waals surface area contributed by atoms with Gasteiger partial charge in [-0.1, -0.05) is 12.1 Å². The van der Waals surface area contributed by atoms with Crippen LogP contribution in [0.3, 0.4) is 0 Å². The quantitative estimate of drug-likeness (QED) is 0.677. The average Bonchev–Trinajstić information content (AvgIpc) is 3.11. The first-order valence-corrected chi connectivity index (χ1v) is 8.43. The molecular formula is C19H24Cl2FN3O2. The van der Waals surface area contributed by atoms with Gasteiger partial charge in [-0.25, -0.2) is 4.39 Å². The first-order valence-electron chi connectivity index (χ1n) is 8.43. The van der Waals surface area contributed by atoms with Crippen LogP contribution in [0.2, 0.25) is 0 Å². The molecule has 148 valence electrons. The molecule has 0 spiro atoms. The molecule has 2 aromatic rings. The maximum atomic E-state index is 14.0. The highest BCUT2D eigenvalue weighted by Gasteiger charge is 2.20. The largest absolute Gasteiger partial charge is 0.457 e. The first-order chi connectivity index (χ1) is 12.2. The lowest BCUT2D eigenvalue weighted by atomic mass is 10.1. The lowest BCUT2D eigenvalue weighted by Gasteiger charge is -2.13. The van der Waals surface area contributed by atoms with Gasteiger partial charge in [0.15, 0.2) is 0 Å². The van der Waals surface area contributed by atoms with Gasteiger partial charge < -0.3 is 21.1 Å². The normalized spacial score (nSPS) is 15.4. The second-order valence-electron chi connectivity index (χ2n) is 6.09. The van der Waals surface area contributed by atoms with Crippen molar-refractivity contribution in [2.75, 3.05) is 19.6 Å². The number of rotatable bonds is 6. The highest BCUT2D eigenvalue weighted by Crippen LogP contribution is 2.24. The Morgan fingerprint density at radius 1 is 1.19 bits per heavy atom. The van der Waals surface area contributed by atoms with Gasteiger partial charge in [0.1, 0.15) is 17.3 Å². The summed E-state index contributed by atoms with van der Waals surface area (Å²) >= 11 is 0. The van der Waals surface area contributed by atoms with Crippen molar-refractivity contribution in [3.05, 3.63) is 59.4 Å². The van der Waals surface area contributed by atoms with Crippen molar-refractivity contribution in [3.63, 3.8) is 0 Å². The van der Waals surface area contributed by atoms with Gasteiger partial charge >= 0.3 is 0 Å². The van der Waals surface area contributed by atoms with Crippen molar-refractivity contribution < 1.29 is 13.9 Å². The van der Waals surface area contributed by atoms with Gasteiger partial charge in [0.25, 0.3) is 5.91 Å². The van der Waals surface area contributed by atoms with E-state index < -0.39 is 11.7 Å². The van der Waals surface area contributed by atoms with Crippen LogP contribution in [0.1, 0.15) is 22.3 Å². The van der Waals surface area contributed by atoms with E-state index in [1.165, 1.54) is 18.2 Å². The minimum Gasteiger partial charge on any atom is -0.457 e. The summed E-state index contributed by atoms with van der Waals surface area (Å²) in [4.78, 5) is 12.3. The minimum absolute atomic E-state index is 0. The lowest BCUT2D eigenvalue weighted by Crippen LogP contribution is -2.36. The fourth-order valence-corrected chi connectivity index (χ4v) is 2.81. The molecular weight excluding hydrogens is 392 g/mol. The van der Waals surface area contributed by atoms with Crippen LogP contribution in [0, 0.1) is 5.82 Å². The van der Waals surface area contributed by atoms with Crippen LogP contribution in [-0.2, 0) is 6.42 Å². The number of carbonyl (C=O) groups excluding carboxylic acids is 1. The lowest BCUT2D eigenvalue weighted by molar-refractivity contribution is 0.0935. The molecule has 1 atom stereocenters. The molecule has 1 fully saturated rings. The predicted molar refractivity (Wildman–Crippen MR) is 109 cm³/mol. The summed E-state index contributed by atoms with van der Waals surface area (Å²) in [5.74, 6) is 0.0606. The zero-order valence-corrected chi connectivity index (χ0v) is 16.4. The molecule has 1 saturated heterocycles. The van der Waals surface area contributed by atoms with Crippen molar-refractivity contribution >= 4 is 30.7 Å². The third-order valence-electron chi connectivity index (χ3n) is 4.17. The summed E-state index contributed by atoms with van der Waals surface area (Å²) in [7, 11) is 0. The molecule has 0 aromatic heterocycles. The van der Waals surface area contributed by atoms with Crippen LogP contribution in [0.5, 0.6) is 11.5 Å². The van der Waals surface area contributed by atoms with E-state index in [-0.39, 0.29) is 36.4 Å². The Bertz CT molecular complexity index is 738. The molecule has 27 heavy (non-hydrogen) atoms. The minimum atomic E-state index is -0.561. The standard InChI is InChI=1S/C19H22FN3O2.2ClH/c20-18-6-5-16(25-15-3-1-13(2-4-15)7-9-21)11-17(18)19(24)23-14-8-10-22-12-14;;/h1-6,11,14,22H,7-10,12,21H2,(H,23,24);2*1H/t14-;;/m0../s1.